The predicted octanol–water partition coefficient (Wildman–Crippen LogP) is 7.07. The maximum Gasteiger partial charge on any atom is -0.0159 e. The second kappa shape index (κ2) is 10.1. The molecule has 0 bridgehead atoms. The van der Waals surface area contributed by atoms with Gasteiger partial charge in [-0.25, -0.2) is 0 Å². The van der Waals surface area contributed by atoms with Gasteiger partial charge in [0, 0.05) is 0 Å². The highest BCUT2D eigenvalue weighted by atomic mass is 14.3. The van der Waals surface area contributed by atoms with E-state index in [2.05, 4.69) is 38.1 Å². The summed E-state index contributed by atoms with van der Waals surface area (Å²) in [7, 11) is 0. The van der Waals surface area contributed by atoms with Crippen LogP contribution < -0.4 is 0 Å². The van der Waals surface area contributed by atoms with E-state index < -0.39 is 0 Å². The predicted molar refractivity (Wildman–Crippen MR) is 97.3 cm³/mol. The van der Waals surface area contributed by atoms with Gasteiger partial charge in [0.05, 0.1) is 0 Å². The van der Waals surface area contributed by atoms with Gasteiger partial charge in [-0.15, -0.1) is 0 Å². The van der Waals surface area contributed by atoms with Crippen molar-refractivity contribution < 1.29 is 0 Å². The van der Waals surface area contributed by atoms with E-state index in [1.807, 2.05) is 0 Å². The van der Waals surface area contributed by atoms with Gasteiger partial charge < -0.3 is 0 Å². The SMILES string of the molecule is CCCCCc1c[c]ccc1C1CCC(CCCCC)CC1. The fourth-order valence-corrected chi connectivity index (χ4v) is 4.10. The monoisotopic (exact) mass is 299 g/mol. The molecule has 0 spiro atoms. The van der Waals surface area contributed by atoms with Gasteiger partial charge in [0.25, 0.3) is 0 Å². The molecular weight excluding hydrogens is 264 g/mol. The fraction of sp³-hybridized carbons (Fsp3) is 0.727. The molecule has 0 aliphatic heterocycles. The summed E-state index contributed by atoms with van der Waals surface area (Å²) in [6.45, 7) is 4.60. The van der Waals surface area contributed by atoms with Crippen LogP contribution in [0.3, 0.4) is 0 Å². The van der Waals surface area contributed by atoms with E-state index in [1.165, 1.54) is 77.0 Å². The molecule has 0 aromatic heterocycles. The van der Waals surface area contributed by atoms with Crippen molar-refractivity contribution in [3.05, 3.63) is 35.4 Å². The molecule has 0 nitrogen and oxygen atoms in total. The third-order valence-corrected chi connectivity index (χ3v) is 5.54. The van der Waals surface area contributed by atoms with Gasteiger partial charge in [-0.05, 0) is 67.6 Å². The summed E-state index contributed by atoms with van der Waals surface area (Å²) in [6.07, 6.45) is 16.7. The number of benzene rings is 1. The Labute approximate surface area is 138 Å². The molecule has 1 aliphatic carbocycles. The quantitative estimate of drug-likeness (QED) is 0.428. The molecule has 2 rings (SSSR count). The molecule has 1 aromatic carbocycles. The summed E-state index contributed by atoms with van der Waals surface area (Å²) in [6, 6.07) is 10.1. The Morgan fingerprint density at radius 3 is 2.41 bits per heavy atom. The van der Waals surface area contributed by atoms with Crippen molar-refractivity contribution in [3.63, 3.8) is 0 Å². The van der Waals surface area contributed by atoms with E-state index in [0.717, 1.165) is 11.8 Å². The maximum atomic E-state index is 3.31. The van der Waals surface area contributed by atoms with Gasteiger partial charge in [0.15, 0.2) is 0 Å². The van der Waals surface area contributed by atoms with E-state index in [1.54, 1.807) is 11.1 Å². The van der Waals surface area contributed by atoms with Gasteiger partial charge in [0.1, 0.15) is 0 Å². The van der Waals surface area contributed by atoms with Crippen molar-refractivity contribution >= 4 is 0 Å². The molecule has 22 heavy (non-hydrogen) atoms. The summed E-state index contributed by atoms with van der Waals surface area (Å²) in [4.78, 5) is 0. The molecule has 1 saturated carbocycles. The molecule has 1 fully saturated rings. The van der Waals surface area contributed by atoms with E-state index in [9.17, 15) is 0 Å². The average molecular weight is 300 g/mol. The van der Waals surface area contributed by atoms with Crippen LogP contribution in [0.25, 0.3) is 0 Å². The first-order valence-electron chi connectivity index (χ1n) is 9.84. The molecular formula is C22H35. The van der Waals surface area contributed by atoms with E-state index in [-0.39, 0.29) is 0 Å². The Morgan fingerprint density at radius 1 is 0.955 bits per heavy atom. The van der Waals surface area contributed by atoms with Crippen LogP contribution >= 0.6 is 0 Å². The van der Waals surface area contributed by atoms with Crippen molar-refractivity contribution in [1.29, 1.82) is 0 Å². The van der Waals surface area contributed by atoms with Gasteiger partial charge in [-0.3, -0.25) is 0 Å². The summed E-state index contributed by atoms with van der Waals surface area (Å²) in [5.41, 5.74) is 3.24. The number of unbranched alkanes of at least 4 members (excludes halogenated alkanes) is 4. The van der Waals surface area contributed by atoms with Crippen molar-refractivity contribution in [2.24, 2.45) is 5.92 Å². The molecule has 0 amide bonds. The molecule has 0 heterocycles. The van der Waals surface area contributed by atoms with Crippen LogP contribution in [0.4, 0.5) is 0 Å². The van der Waals surface area contributed by atoms with E-state index in [0.29, 0.717) is 0 Å². The van der Waals surface area contributed by atoms with Crippen LogP contribution in [0, 0.1) is 12.0 Å². The highest BCUT2D eigenvalue weighted by Gasteiger charge is 2.23. The summed E-state index contributed by atoms with van der Waals surface area (Å²) >= 11 is 0. The van der Waals surface area contributed by atoms with Crippen LogP contribution in [0.1, 0.15) is 102 Å². The van der Waals surface area contributed by atoms with E-state index >= 15 is 0 Å². The molecule has 0 atom stereocenters. The zero-order valence-corrected chi connectivity index (χ0v) is 14.9. The zero-order valence-electron chi connectivity index (χ0n) is 14.9. The Morgan fingerprint density at radius 2 is 1.68 bits per heavy atom. The van der Waals surface area contributed by atoms with Crippen molar-refractivity contribution in [1.82, 2.24) is 0 Å². The molecule has 1 radical (unpaired) electrons. The minimum atomic E-state index is 0.827. The number of hydrogen-bond acceptors (Lipinski definition) is 0. The lowest BCUT2D eigenvalue weighted by Crippen LogP contribution is -2.14. The number of rotatable bonds is 9. The summed E-state index contributed by atoms with van der Waals surface area (Å²) < 4.78 is 0. The Hall–Kier alpha value is -0.780. The summed E-state index contributed by atoms with van der Waals surface area (Å²) in [5, 5.41) is 0. The second-order valence-electron chi connectivity index (χ2n) is 7.30. The number of aryl methyl sites for hydroxylation is 1. The fourth-order valence-electron chi connectivity index (χ4n) is 4.10. The summed E-state index contributed by atoms with van der Waals surface area (Å²) in [5.74, 6) is 1.84. The molecule has 123 valence electrons. The average Bonchev–Trinajstić information content (AvgIpc) is 2.57. The topological polar surface area (TPSA) is 0 Å². The first kappa shape index (κ1) is 17.6. The molecule has 0 unspecified atom stereocenters. The smallest absolute Gasteiger partial charge is 0.0159 e. The Bertz CT molecular complexity index is 398. The van der Waals surface area contributed by atoms with Gasteiger partial charge in [-0.1, -0.05) is 70.6 Å². The lowest BCUT2D eigenvalue weighted by molar-refractivity contribution is 0.302. The lowest BCUT2D eigenvalue weighted by Gasteiger charge is -2.30. The standard InChI is InChI=1S/C22H35/c1-3-5-7-11-19-15-17-21(18-16-19)22-14-10-9-13-20(22)12-8-6-4-2/h10,13-14,19,21H,3-8,11-12,15-18H2,1-2H3. The largest absolute Gasteiger partial charge is 0.0654 e. The van der Waals surface area contributed by atoms with Crippen LogP contribution in [0.15, 0.2) is 18.2 Å². The van der Waals surface area contributed by atoms with Crippen LogP contribution in [-0.2, 0) is 6.42 Å². The minimum absolute atomic E-state index is 0.827. The lowest BCUT2D eigenvalue weighted by atomic mass is 9.75. The van der Waals surface area contributed by atoms with Crippen LogP contribution in [0.5, 0.6) is 0 Å². The van der Waals surface area contributed by atoms with Crippen molar-refractivity contribution in [3.8, 4) is 0 Å². The Balaban J connectivity index is 1.85. The third-order valence-electron chi connectivity index (χ3n) is 5.54. The molecule has 0 heteroatoms. The molecule has 1 aromatic rings. The van der Waals surface area contributed by atoms with Crippen LogP contribution in [-0.4, -0.2) is 0 Å². The Kier molecular flexibility index (Phi) is 8.05. The number of hydrogen-bond donors (Lipinski definition) is 0. The van der Waals surface area contributed by atoms with E-state index in [4.69, 9.17) is 0 Å². The maximum absolute atomic E-state index is 3.31. The first-order chi connectivity index (χ1) is 10.8. The first-order valence-corrected chi connectivity index (χ1v) is 9.84. The highest BCUT2D eigenvalue weighted by molar-refractivity contribution is 5.30. The van der Waals surface area contributed by atoms with Crippen LogP contribution in [0.2, 0.25) is 0 Å². The van der Waals surface area contributed by atoms with Crippen molar-refractivity contribution in [2.45, 2.75) is 96.8 Å². The molecule has 0 N–H and O–H groups in total. The molecule has 0 saturated heterocycles. The van der Waals surface area contributed by atoms with Gasteiger partial charge in [0.2, 0.25) is 0 Å². The second-order valence-corrected chi connectivity index (χ2v) is 7.30. The zero-order chi connectivity index (χ0) is 15.6. The normalized spacial score (nSPS) is 21.9. The third kappa shape index (κ3) is 5.45. The van der Waals surface area contributed by atoms with Crippen molar-refractivity contribution in [2.75, 3.05) is 0 Å². The van der Waals surface area contributed by atoms with Gasteiger partial charge in [-0.2, -0.15) is 0 Å². The minimum Gasteiger partial charge on any atom is -0.0654 e. The van der Waals surface area contributed by atoms with Gasteiger partial charge >= 0.3 is 0 Å². The molecule has 1 aliphatic rings. The highest BCUT2D eigenvalue weighted by Crippen LogP contribution is 2.39.